The minimum Gasteiger partial charge on any atom is -0.508 e. The number of ether oxygens (including phenoxy) is 1. The zero-order valence-corrected chi connectivity index (χ0v) is 17.5. The summed E-state index contributed by atoms with van der Waals surface area (Å²) in [7, 11) is 0. The average Bonchev–Trinajstić information content (AvgIpc) is 3.08. The number of phenolic OH excluding ortho intramolecular Hbond substituents is 1. The van der Waals surface area contributed by atoms with E-state index in [1.165, 1.54) is 0 Å². The molecule has 1 heterocycles. The molecule has 1 N–H and O–H groups in total. The summed E-state index contributed by atoms with van der Waals surface area (Å²) in [5.74, 6) is 0.119. The fourth-order valence-electron chi connectivity index (χ4n) is 4.40. The van der Waals surface area contributed by atoms with Crippen LogP contribution in [0.5, 0.6) is 5.75 Å². The molecule has 1 unspecified atom stereocenters. The van der Waals surface area contributed by atoms with E-state index in [0.29, 0.717) is 12.1 Å². The normalized spacial score (nSPS) is 17.4. The van der Waals surface area contributed by atoms with E-state index in [9.17, 15) is 9.90 Å². The molecule has 5 rings (SSSR count). The fourth-order valence-corrected chi connectivity index (χ4v) is 4.40. The molecule has 0 radical (unpaired) electrons. The van der Waals surface area contributed by atoms with Gasteiger partial charge in [0, 0.05) is 23.2 Å². The lowest BCUT2D eigenvalue weighted by molar-refractivity contribution is -0.120. The van der Waals surface area contributed by atoms with Gasteiger partial charge in [-0.15, -0.1) is 0 Å². The molecule has 32 heavy (non-hydrogen) atoms. The zero-order chi connectivity index (χ0) is 22.0. The minimum absolute atomic E-state index is 0.0655. The molecule has 4 aromatic rings. The number of hydrogen-bond acceptors (Lipinski definition) is 3. The van der Waals surface area contributed by atoms with Crippen molar-refractivity contribution in [2.24, 2.45) is 0 Å². The monoisotopic (exact) mass is 421 g/mol. The van der Waals surface area contributed by atoms with E-state index >= 15 is 0 Å². The highest BCUT2D eigenvalue weighted by Crippen LogP contribution is 2.46. The average molecular weight is 421 g/mol. The third-order valence-corrected chi connectivity index (χ3v) is 5.85. The number of fused-ring (bicyclic) bond motifs is 1. The van der Waals surface area contributed by atoms with E-state index in [4.69, 9.17) is 4.74 Å². The summed E-state index contributed by atoms with van der Waals surface area (Å²) in [6.45, 7) is 0.638. The first kappa shape index (κ1) is 20.0. The van der Waals surface area contributed by atoms with Crippen LogP contribution in [0, 0.1) is 0 Å². The van der Waals surface area contributed by atoms with E-state index in [-0.39, 0.29) is 18.3 Å². The van der Waals surface area contributed by atoms with Gasteiger partial charge < -0.3 is 9.84 Å². The van der Waals surface area contributed by atoms with E-state index in [1.54, 1.807) is 18.2 Å². The largest absolute Gasteiger partial charge is 0.508 e. The Bertz CT molecular complexity index is 1240. The lowest BCUT2D eigenvalue weighted by Gasteiger charge is -2.39. The van der Waals surface area contributed by atoms with Crippen molar-refractivity contribution in [1.82, 2.24) is 4.90 Å². The fraction of sp³-hybridized carbons (Fsp3) is 0.107. The molecule has 1 aliphatic rings. The standard InChI is InChI=1S/C28H23NO3/c30-24-15-9-12-22(18-24)20-32-28(23-13-5-2-6-14-23)26-17-8-7-16-25(26)27(31)29(28)19-21-10-3-1-4-11-21/h1-18,30H,19-20H2. The van der Waals surface area contributed by atoms with Crippen LogP contribution in [0.3, 0.4) is 0 Å². The Morgan fingerprint density at radius 1 is 0.750 bits per heavy atom. The van der Waals surface area contributed by atoms with Crippen LogP contribution in [-0.4, -0.2) is 15.9 Å². The van der Waals surface area contributed by atoms with Crippen molar-refractivity contribution in [1.29, 1.82) is 0 Å². The Hall–Kier alpha value is -3.89. The summed E-state index contributed by atoms with van der Waals surface area (Å²) < 4.78 is 6.69. The van der Waals surface area contributed by atoms with Crippen LogP contribution < -0.4 is 0 Å². The molecule has 0 spiro atoms. The molecule has 0 aromatic heterocycles. The topological polar surface area (TPSA) is 49.8 Å². The number of hydrogen-bond donors (Lipinski definition) is 1. The summed E-state index contributed by atoms with van der Waals surface area (Å²) in [6.07, 6.45) is 0. The van der Waals surface area contributed by atoms with Gasteiger partial charge in [-0.2, -0.15) is 0 Å². The minimum atomic E-state index is -1.09. The first-order valence-electron chi connectivity index (χ1n) is 10.6. The van der Waals surface area contributed by atoms with Gasteiger partial charge in [0.15, 0.2) is 5.72 Å². The number of benzene rings is 4. The molecule has 158 valence electrons. The second-order valence-electron chi connectivity index (χ2n) is 7.89. The molecule has 1 aliphatic heterocycles. The maximum atomic E-state index is 13.7. The van der Waals surface area contributed by atoms with Crippen molar-refractivity contribution in [2.75, 3.05) is 0 Å². The van der Waals surface area contributed by atoms with Crippen LogP contribution in [0.15, 0.2) is 109 Å². The molecular formula is C28H23NO3. The molecule has 0 fully saturated rings. The van der Waals surface area contributed by atoms with E-state index < -0.39 is 5.72 Å². The predicted octanol–water partition coefficient (Wildman–Crippen LogP) is 5.47. The number of rotatable bonds is 6. The Labute approximate surface area is 187 Å². The first-order valence-corrected chi connectivity index (χ1v) is 10.6. The lowest BCUT2D eigenvalue weighted by Crippen LogP contribution is -2.46. The Balaban J connectivity index is 1.66. The third-order valence-electron chi connectivity index (χ3n) is 5.85. The van der Waals surface area contributed by atoms with Gasteiger partial charge in [0.2, 0.25) is 0 Å². The van der Waals surface area contributed by atoms with Crippen LogP contribution in [0.1, 0.15) is 32.6 Å². The molecule has 1 atom stereocenters. The van der Waals surface area contributed by atoms with Crippen LogP contribution in [0.2, 0.25) is 0 Å². The highest BCUT2D eigenvalue weighted by Gasteiger charge is 2.52. The van der Waals surface area contributed by atoms with Crippen molar-refractivity contribution in [3.05, 3.63) is 137 Å². The van der Waals surface area contributed by atoms with E-state index in [0.717, 1.165) is 22.3 Å². The highest BCUT2D eigenvalue weighted by atomic mass is 16.5. The second kappa shape index (κ2) is 8.33. The van der Waals surface area contributed by atoms with Crippen molar-refractivity contribution in [3.63, 3.8) is 0 Å². The maximum absolute atomic E-state index is 13.7. The predicted molar refractivity (Wildman–Crippen MR) is 123 cm³/mol. The van der Waals surface area contributed by atoms with Gasteiger partial charge in [-0.05, 0) is 29.3 Å². The van der Waals surface area contributed by atoms with Crippen molar-refractivity contribution < 1.29 is 14.6 Å². The third kappa shape index (κ3) is 3.45. The molecular weight excluding hydrogens is 398 g/mol. The molecule has 4 nitrogen and oxygen atoms in total. The molecule has 0 aliphatic carbocycles. The van der Waals surface area contributed by atoms with Gasteiger partial charge in [0.25, 0.3) is 5.91 Å². The van der Waals surface area contributed by atoms with Gasteiger partial charge in [-0.25, -0.2) is 0 Å². The highest BCUT2D eigenvalue weighted by molar-refractivity contribution is 6.00. The van der Waals surface area contributed by atoms with Crippen LogP contribution in [0.25, 0.3) is 0 Å². The van der Waals surface area contributed by atoms with Gasteiger partial charge in [0.05, 0.1) is 6.61 Å². The van der Waals surface area contributed by atoms with Crippen molar-refractivity contribution in [3.8, 4) is 5.75 Å². The smallest absolute Gasteiger partial charge is 0.257 e. The Morgan fingerprint density at radius 2 is 1.41 bits per heavy atom. The van der Waals surface area contributed by atoms with Crippen molar-refractivity contribution in [2.45, 2.75) is 18.9 Å². The molecule has 0 bridgehead atoms. The zero-order valence-electron chi connectivity index (χ0n) is 17.5. The number of carbonyl (C=O) groups excluding carboxylic acids is 1. The quantitative estimate of drug-likeness (QED) is 0.449. The number of nitrogens with zero attached hydrogens (tertiary/aromatic N) is 1. The molecule has 0 saturated heterocycles. The first-order chi connectivity index (χ1) is 15.7. The Kier molecular flexibility index (Phi) is 5.21. The molecule has 0 saturated carbocycles. The van der Waals surface area contributed by atoms with Gasteiger partial charge >= 0.3 is 0 Å². The number of carbonyl (C=O) groups is 1. The van der Waals surface area contributed by atoms with Crippen molar-refractivity contribution >= 4 is 5.91 Å². The Morgan fingerprint density at radius 3 is 2.16 bits per heavy atom. The molecule has 4 heteroatoms. The van der Waals surface area contributed by atoms with Gasteiger partial charge in [-0.3, -0.25) is 9.69 Å². The second-order valence-corrected chi connectivity index (χ2v) is 7.89. The number of phenols is 1. The summed E-state index contributed by atoms with van der Waals surface area (Å²) in [6, 6.07) is 34.5. The molecule has 4 aromatic carbocycles. The van der Waals surface area contributed by atoms with Crippen LogP contribution in [0.4, 0.5) is 0 Å². The SMILES string of the molecule is O=C1c2ccccc2C(OCc2cccc(O)c2)(c2ccccc2)N1Cc1ccccc1. The summed E-state index contributed by atoms with van der Waals surface area (Å²) in [5, 5.41) is 9.91. The van der Waals surface area contributed by atoms with Crippen LogP contribution in [-0.2, 0) is 23.6 Å². The van der Waals surface area contributed by atoms with Gasteiger partial charge in [0.1, 0.15) is 5.75 Å². The summed E-state index contributed by atoms with van der Waals surface area (Å²) in [4.78, 5) is 15.5. The number of aromatic hydroxyl groups is 1. The molecule has 1 amide bonds. The van der Waals surface area contributed by atoms with Gasteiger partial charge in [-0.1, -0.05) is 91.0 Å². The summed E-state index contributed by atoms with van der Waals surface area (Å²) in [5.41, 5.74) is 3.12. The van der Waals surface area contributed by atoms with Crippen LogP contribution >= 0.6 is 0 Å². The van der Waals surface area contributed by atoms with E-state index in [2.05, 4.69) is 0 Å². The number of amides is 1. The summed E-state index contributed by atoms with van der Waals surface area (Å²) >= 11 is 0. The van der Waals surface area contributed by atoms with E-state index in [1.807, 2.05) is 95.9 Å². The lowest BCUT2D eigenvalue weighted by atomic mass is 9.93. The maximum Gasteiger partial charge on any atom is 0.257 e.